The molecule has 0 aliphatic rings. The van der Waals surface area contributed by atoms with Crippen LogP contribution in [0.15, 0.2) is 53.4 Å². The van der Waals surface area contributed by atoms with E-state index in [1.807, 2.05) is 9.44 Å². The van der Waals surface area contributed by atoms with Gasteiger partial charge in [0.1, 0.15) is 6.04 Å². The van der Waals surface area contributed by atoms with Gasteiger partial charge in [-0.25, -0.2) is 13.1 Å². The summed E-state index contributed by atoms with van der Waals surface area (Å²) in [5.41, 5.74) is 1.29. The molecule has 0 spiro atoms. The van der Waals surface area contributed by atoms with Crippen LogP contribution in [0.5, 0.6) is 0 Å². The van der Waals surface area contributed by atoms with E-state index in [2.05, 4.69) is 10.6 Å². The van der Waals surface area contributed by atoms with Crippen LogP contribution in [0.25, 0.3) is 0 Å². The van der Waals surface area contributed by atoms with Gasteiger partial charge >= 0.3 is 10.3 Å². The van der Waals surface area contributed by atoms with Gasteiger partial charge in [-0.3, -0.25) is 23.7 Å². The van der Waals surface area contributed by atoms with E-state index >= 15 is 0 Å². The average Bonchev–Trinajstić information content (AvgIpc) is 2.76. The zero-order valence-electron chi connectivity index (χ0n) is 18.9. The second-order valence-electron chi connectivity index (χ2n) is 7.52. The van der Waals surface area contributed by atoms with Gasteiger partial charge in [-0.15, -0.1) is 0 Å². The lowest BCUT2D eigenvalue weighted by molar-refractivity contribution is -0.128. The molecule has 0 aliphatic heterocycles. The first-order valence-corrected chi connectivity index (χ1v) is 13.2. The normalized spacial score (nSPS) is 12.3. The van der Waals surface area contributed by atoms with Crippen LogP contribution in [0.2, 0.25) is 0 Å². The minimum Gasteiger partial charge on any atom is -0.357 e. The van der Waals surface area contributed by atoms with Gasteiger partial charge in [0.05, 0.1) is 10.6 Å². The molecular formula is C21H26N4O8S2. The molecule has 0 saturated heterocycles. The van der Waals surface area contributed by atoms with Crippen LogP contribution in [0, 0.1) is 0 Å². The van der Waals surface area contributed by atoms with E-state index in [1.54, 1.807) is 6.07 Å². The van der Waals surface area contributed by atoms with E-state index in [-0.39, 0.29) is 29.8 Å². The molecule has 0 fully saturated rings. The number of sulfonamides is 1. The third-order valence-electron chi connectivity index (χ3n) is 4.67. The Labute approximate surface area is 203 Å². The summed E-state index contributed by atoms with van der Waals surface area (Å²) in [7, 11) is -7.00. The van der Waals surface area contributed by atoms with Crippen LogP contribution in [0.3, 0.4) is 0 Å². The fourth-order valence-corrected chi connectivity index (χ4v) is 4.61. The van der Waals surface area contributed by atoms with Crippen molar-refractivity contribution in [3.63, 3.8) is 0 Å². The van der Waals surface area contributed by atoms with Crippen LogP contribution in [0.1, 0.15) is 24.5 Å². The average molecular weight is 527 g/mol. The van der Waals surface area contributed by atoms with Gasteiger partial charge < -0.3 is 10.6 Å². The molecule has 12 nitrogen and oxygen atoms in total. The van der Waals surface area contributed by atoms with Gasteiger partial charge in [-0.2, -0.15) is 8.42 Å². The maximum absolute atomic E-state index is 12.5. The maximum atomic E-state index is 12.5. The van der Waals surface area contributed by atoms with Gasteiger partial charge in [0.2, 0.25) is 17.7 Å². The Hall–Kier alpha value is -3.49. The second-order valence-corrected chi connectivity index (χ2v) is 10.4. The fraction of sp³-hybridized carbons (Fsp3) is 0.286. The molecule has 0 bridgehead atoms. The molecule has 3 amide bonds. The lowest BCUT2D eigenvalue weighted by atomic mass is 10.0. The van der Waals surface area contributed by atoms with E-state index in [1.165, 1.54) is 49.5 Å². The quantitative estimate of drug-likeness (QED) is 0.255. The van der Waals surface area contributed by atoms with Crippen molar-refractivity contribution < 1.29 is 35.8 Å². The summed E-state index contributed by atoms with van der Waals surface area (Å²) in [4.78, 5) is 35.8. The Bertz CT molecular complexity index is 1290. The van der Waals surface area contributed by atoms with Crippen molar-refractivity contribution in [2.45, 2.75) is 37.1 Å². The Morgan fingerprint density at radius 1 is 0.971 bits per heavy atom. The molecule has 0 aliphatic carbocycles. The third kappa shape index (κ3) is 9.35. The van der Waals surface area contributed by atoms with Crippen molar-refractivity contribution in [3.05, 3.63) is 59.7 Å². The number of nitrogens with one attached hydrogen (secondary N) is 4. The molecule has 2 aromatic rings. The van der Waals surface area contributed by atoms with Crippen LogP contribution in [-0.4, -0.2) is 52.2 Å². The van der Waals surface area contributed by atoms with E-state index in [4.69, 9.17) is 4.55 Å². The lowest BCUT2D eigenvalue weighted by Gasteiger charge is -2.18. The number of carbonyl (C=O) groups excluding carboxylic acids is 3. The number of aryl methyl sites for hydroxylation is 1. The van der Waals surface area contributed by atoms with Crippen molar-refractivity contribution in [1.82, 2.24) is 15.4 Å². The fourth-order valence-electron chi connectivity index (χ4n) is 3.12. The van der Waals surface area contributed by atoms with Gasteiger partial charge in [0, 0.05) is 26.8 Å². The highest BCUT2D eigenvalue weighted by atomic mass is 32.2. The SMILES string of the molecule is CNC(=O)[C@H](Cc1ccc(NS(=O)(=O)O)cc1)NC(=O)CCc1cccc(S(=O)(=O)NC(C)=O)c1. The summed E-state index contributed by atoms with van der Waals surface area (Å²) in [5, 5.41) is 5.10. The Morgan fingerprint density at radius 2 is 1.63 bits per heavy atom. The second kappa shape index (κ2) is 11.8. The Morgan fingerprint density at radius 3 is 2.20 bits per heavy atom. The molecule has 1 atom stereocenters. The number of carbonyl (C=O) groups is 3. The van der Waals surface area contributed by atoms with Gasteiger partial charge in [0.25, 0.3) is 10.0 Å². The first-order valence-electron chi connectivity index (χ1n) is 10.3. The van der Waals surface area contributed by atoms with E-state index < -0.39 is 44.1 Å². The largest absolute Gasteiger partial charge is 0.357 e. The summed E-state index contributed by atoms with van der Waals surface area (Å²) in [6.07, 6.45) is 0.266. The molecule has 14 heteroatoms. The topological polar surface area (TPSA) is 188 Å². The molecular weight excluding hydrogens is 500 g/mol. The molecule has 2 aromatic carbocycles. The summed E-state index contributed by atoms with van der Waals surface area (Å²) in [6, 6.07) is 10.8. The number of anilines is 1. The Balaban J connectivity index is 2.03. The molecule has 0 aromatic heterocycles. The lowest BCUT2D eigenvalue weighted by Crippen LogP contribution is -2.47. The van der Waals surface area contributed by atoms with Gasteiger partial charge in [-0.05, 0) is 41.8 Å². The number of benzene rings is 2. The van der Waals surface area contributed by atoms with Crippen LogP contribution in [0.4, 0.5) is 5.69 Å². The first kappa shape index (κ1) is 27.8. The van der Waals surface area contributed by atoms with Crippen LogP contribution >= 0.6 is 0 Å². The van der Waals surface area contributed by atoms with Crippen molar-refractivity contribution in [3.8, 4) is 0 Å². The molecule has 35 heavy (non-hydrogen) atoms. The molecule has 0 heterocycles. The summed E-state index contributed by atoms with van der Waals surface area (Å²) < 4.78 is 58.7. The van der Waals surface area contributed by atoms with E-state index in [0.717, 1.165) is 6.92 Å². The maximum Gasteiger partial charge on any atom is 0.357 e. The standard InChI is InChI=1S/C21H26N4O8S2/c1-14(26)24-34(29,30)18-5-3-4-15(12-18)8-11-20(27)23-19(21(28)22-2)13-16-6-9-17(10-7-16)25-35(31,32)33/h3-7,9-10,12,19,25H,8,11,13H2,1-2H3,(H,22,28)(H,23,27)(H,24,26)(H,31,32,33)/t19-/m0/s1. The monoisotopic (exact) mass is 526 g/mol. The molecule has 5 N–H and O–H groups in total. The predicted molar refractivity (Wildman–Crippen MR) is 127 cm³/mol. The smallest absolute Gasteiger partial charge is 0.357 e. The van der Waals surface area contributed by atoms with E-state index in [0.29, 0.717) is 11.1 Å². The summed E-state index contributed by atoms with van der Waals surface area (Å²) in [5.74, 6) is -1.61. The highest BCUT2D eigenvalue weighted by molar-refractivity contribution is 7.90. The molecule has 0 radical (unpaired) electrons. The van der Waals surface area contributed by atoms with Crippen molar-refractivity contribution in [2.75, 3.05) is 11.8 Å². The van der Waals surface area contributed by atoms with Gasteiger partial charge in [0.15, 0.2) is 0 Å². The van der Waals surface area contributed by atoms with Crippen molar-refractivity contribution in [2.24, 2.45) is 0 Å². The zero-order valence-corrected chi connectivity index (χ0v) is 20.6. The number of likely N-dealkylation sites (N-methyl/N-ethyl adjacent to an activating group) is 1. The van der Waals surface area contributed by atoms with Crippen molar-refractivity contribution >= 4 is 43.7 Å². The van der Waals surface area contributed by atoms with Crippen LogP contribution < -0.4 is 20.1 Å². The number of rotatable bonds is 11. The first-order chi connectivity index (χ1) is 16.3. The highest BCUT2D eigenvalue weighted by Crippen LogP contribution is 2.14. The zero-order chi connectivity index (χ0) is 26.2. The molecule has 0 saturated carbocycles. The number of hydrogen-bond acceptors (Lipinski definition) is 7. The highest BCUT2D eigenvalue weighted by Gasteiger charge is 2.21. The van der Waals surface area contributed by atoms with Crippen molar-refractivity contribution in [1.29, 1.82) is 0 Å². The summed E-state index contributed by atoms with van der Waals surface area (Å²) >= 11 is 0. The third-order valence-corrected chi connectivity index (χ3v) is 6.59. The minimum atomic E-state index is -4.42. The Kier molecular flexibility index (Phi) is 9.33. The molecule has 190 valence electrons. The number of amides is 3. The predicted octanol–water partition coefficient (Wildman–Crippen LogP) is 0.132. The molecule has 2 rings (SSSR count). The minimum absolute atomic E-state index is 0.0334. The summed E-state index contributed by atoms with van der Waals surface area (Å²) in [6.45, 7) is 1.08. The molecule has 0 unspecified atom stereocenters. The number of hydrogen-bond donors (Lipinski definition) is 5. The van der Waals surface area contributed by atoms with Gasteiger partial charge in [-0.1, -0.05) is 24.3 Å². The van der Waals surface area contributed by atoms with E-state index in [9.17, 15) is 31.2 Å². The van der Waals surface area contributed by atoms with Crippen LogP contribution in [-0.2, 0) is 47.6 Å².